The molecule has 0 heterocycles. The summed E-state index contributed by atoms with van der Waals surface area (Å²) in [5, 5.41) is 0. The third-order valence-corrected chi connectivity index (χ3v) is 7.49. The molecule has 0 unspecified atom stereocenters. The maximum atomic E-state index is 12.4. The van der Waals surface area contributed by atoms with E-state index in [0.29, 0.717) is 0 Å². The molecule has 0 aliphatic carbocycles. The van der Waals surface area contributed by atoms with Crippen molar-refractivity contribution in [3.8, 4) is 0 Å². The third-order valence-electron chi connectivity index (χ3n) is 2.00. The Morgan fingerprint density at radius 2 is 1.93 bits per heavy atom. The van der Waals surface area contributed by atoms with Crippen LogP contribution in [0.1, 0.15) is 18.9 Å². The molecule has 15 heavy (non-hydrogen) atoms. The van der Waals surface area contributed by atoms with E-state index in [1.165, 1.54) is 12.1 Å². The fraction of sp³-hybridized carbons (Fsp3) is 0.455. The van der Waals surface area contributed by atoms with Gasteiger partial charge in [0.05, 0.1) is 0 Å². The van der Waals surface area contributed by atoms with Crippen molar-refractivity contribution in [3.63, 3.8) is 0 Å². The Labute approximate surface area is 95.3 Å². The van der Waals surface area contributed by atoms with Crippen molar-refractivity contribution >= 4 is 19.8 Å². The summed E-state index contributed by atoms with van der Waals surface area (Å²) in [5.41, 5.74) is -0.514. The van der Waals surface area contributed by atoms with Crippen molar-refractivity contribution in [3.05, 3.63) is 33.4 Å². The summed E-state index contributed by atoms with van der Waals surface area (Å²) in [6.07, 6.45) is -3.16. The van der Waals surface area contributed by atoms with Gasteiger partial charge in [0.25, 0.3) is 0 Å². The summed E-state index contributed by atoms with van der Waals surface area (Å²) >= 11 is -1.33. The fourth-order valence-electron chi connectivity index (χ4n) is 1.26. The fourth-order valence-corrected chi connectivity index (χ4v) is 5.19. The molecule has 0 amide bonds. The molecule has 4 heteroatoms. The van der Waals surface area contributed by atoms with Gasteiger partial charge in [0, 0.05) is 0 Å². The zero-order chi connectivity index (χ0) is 11.5. The van der Waals surface area contributed by atoms with E-state index in [1.807, 2.05) is 6.07 Å². The van der Waals surface area contributed by atoms with Crippen LogP contribution in [0.2, 0.25) is 0 Å². The van der Waals surface area contributed by atoms with Gasteiger partial charge in [-0.2, -0.15) is 0 Å². The maximum absolute atomic E-state index is 12.4. The molecule has 1 aromatic carbocycles. The molecule has 0 spiro atoms. The first-order chi connectivity index (χ1) is 6.95. The van der Waals surface area contributed by atoms with E-state index >= 15 is 0 Å². The van der Waals surface area contributed by atoms with Crippen molar-refractivity contribution in [2.45, 2.75) is 19.5 Å². The summed E-state index contributed by atoms with van der Waals surface area (Å²) < 4.78 is 39.3. The number of hydrogen-bond donors (Lipinski definition) is 0. The number of alkyl halides is 5. The van der Waals surface area contributed by atoms with E-state index in [4.69, 9.17) is 0 Å². The standard InChI is InChI=1S/C11H14F3I/c1-3-7-15(2)10-6-4-5-9(8-10)11(12,13)14/h4-6,8H,3,7H2,1-2H3. The molecule has 86 valence electrons. The van der Waals surface area contributed by atoms with Crippen LogP contribution in [0.25, 0.3) is 0 Å². The minimum absolute atomic E-state index is 0.514. The Morgan fingerprint density at radius 3 is 2.47 bits per heavy atom. The molecule has 0 fully saturated rings. The zero-order valence-electron chi connectivity index (χ0n) is 8.74. The molecule has 0 aromatic heterocycles. The van der Waals surface area contributed by atoms with Crippen LogP contribution in [-0.2, 0) is 6.18 Å². The Hall–Kier alpha value is -0.260. The summed E-state index contributed by atoms with van der Waals surface area (Å²) in [6.45, 7) is 2.07. The molecular weight excluding hydrogens is 316 g/mol. The quantitative estimate of drug-likeness (QED) is 0.568. The molecule has 0 aliphatic heterocycles. The number of halogens is 4. The second-order valence-electron chi connectivity index (χ2n) is 3.29. The van der Waals surface area contributed by atoms with E-state index in [9.17, 15) is 13.2 Å². The van der Waals surface area contributed by atoms with Crippen molar-refractivity contribution in [2.24, 2.45) is 0 Å². The van der Waals surface area contributed by atoms with Gasteiger partial charge in [-0.3, -0.25) is 0 Å². The van der Waals surface area contributed by atoms with Gasteiger partial charge < -0.3 is 0 Å². The second-order valence-corrected chi connectivity index (χ2v) is 8.98. The second kappa shape index (κ2) is 5.18. The van der Waals surface area contributed by atoms with Crippen LogP contribution in [0.15, 0.2) is 24.3 Å². The van der Waals surface area contributed by atoms with E-state index in [2.05, 4.69) is 11.9 Å². The molecule has 0 N–H and O–H groups in total. The van der Waals surface area contributed by atoms with Gasteiger partial charge in [-0.25, -0.2) is 0 Å². The first-order valence-corrected chi connectivity index (χ1v) is 9.44. The average Bonchev–Trinajstić information content (AvgIpc) is 2.17. The summed E-state index contributed by atoms with van der Waals surface area (Å²) in [5.74, 6) is 0. The molecule has 0 radical (unpaired) electrons. The van der Waals surface area contributed by atoms with Gasteiger partial charge in [0.1, 0.15) is 0 Å². The van der Waals surface area contributed by atoms with E-state index in [-0.39, 0.29) is 0 Å². The molecule has 1 rings (SSSR count). The first kappa shape index (κ1) is 12.8. The van der Waals surface area contributed by atoms with E-state index < -0.39 is 31.6 Å². The van der Waals surface area contributed by atoms with Crippen LogP contribution >= 0.6 is 19.8 Å². The van der Waals surface area contributed by atoms with Crippen molar-refractivity contribution in [2.75, 3.05) is 9.36 Å². The Morgan fingerprint density at radius 1 is 1.27 bits per heavy atom. The Bertz CT molecular complexity index is 320. The molecule has 0 saturated heterocycles. The molecule has 0 aliphatic rings. The monoisotopic (exact) mass is 330 g/mol. The van der Waals surface area contributed by atoms with E-state index in [0.717, 1.165) is 20.5 Å². The van der Waals surface area contributed by atoms with Crippen LogP contribution in [0.3, 0.4) is 0 Å². The summed E-state index contributed by atoms with van der Waals surface area (Å²) in [4.78, 5) is 2.11. The van der Waals surface area contributed by atoms with Crippen molar-refractivity contribution < 1.29 is 13.2 Å². The van der Waals surface area contributed by atoms with Crippen LogP contribution in [0.5, 0.6) is 0 Å². The zero-order valence-corrected chi connectivity index (χ0v) is 10.9. The molecule has 0 saturated carbocycles. The third kappa shape index (κ3) is 3.66. The molecule has 0 atom stereocenters. The van der Waals surface area contributed by atoms with Gasteiger partial charge >= 0.3 is 95.3 Å². The Balaban J connectivity index is 2.92. The van der Waals surface area contributed by atoms with Crippen molar-refractivity contribution in [1.82, 2.24) is 0 Å². The molecule has 1 aromatic rings. The molecule has 0 nitrogen and oxygen atoms in total. The average molecular weight is 330 g/mol. The van der Waals surface area contributed by atoms with Gasteiger partial charge in [0.15, 0.2) is 0 Å². The van der Waals surface area contributed by atoms with Crippen LogP contribution < -0.4 is 0 Å². The van der Waals surface area contributed by atoms with Crippen LogP contribution in [0, 0.1) is 3.57 Å². The minimum atomic E-state index is -4.21. The predicted molar refractivity (Wildman–Crippen MR) is 65.2 cm³/mol. The topological polar surface area (TPSA) is 0 Å². The SMILES string of the molecule is CCCI(C)c1cccc(C(F)(F)F)c1. The first-order valence-electron chi connectivity index (χ1n) is 4.68. The summed E-state index contributed by atoms with van der Waals surface area (Å²) in [6, 6.07) is 5.80. The summed E-state index contributed by atoms with van der Waals surface area (Å²) in [7, 11) is 0. The Kier molecular flexibility index (Phi) is 4.43. The van der Waals surface area contributed by atoms with Crippen molar-refractivity contribution in [1.29, 1.82) is 0 Å². The number of rotatable bonds is 3. The number of benzene rings is 1. The van der Waals surface area contributed by atoms with Crippen LogP contribution in [-0.4, -0.2) is 9.36 Å². The molecule has 0 bridgehead atoms. The van der Waals surface area contributed by atoms with E-state index in [1.54, 1.807) is 0 Å². The molecular formula is C11H14F3I. The van der Waals surface area contributed by atoms with Crippen LogP contribution in [0.4, 0.5) is 13.2 Å². The van der Waals surface area contributed by atoms with Gasteiger partial charge in [0.2, 0.25) is 0 Å². The van der Waals surface area contributed by atoms with Gasteiger partial charge in [-0.05, 0) is 0 Å². The normalized spacial score (nSPS) is 12.7. The van der Waals surface area contributed by atoms with Gasteiger partial charge in [-0.1, -0.05) is 0 Å². The predicted octanol–water partition coefficient (Wildman–Crippen LogP) is 4.42. The number of hydrogen-bond acceptors (Lipinski definition) is 0. The van der Waals surface area contributed by atoms with Gasteiger partial charge in [-0.15, -0.1) is 0 Å².